The third kappa shape index (κ3) is 5.21. The van der Waals surface area contributed by atoms with Crippen LogP contribution in [-0.2, 0) is 10.5 Å². The van der Waals surface area contributed by atoms with Crippen molar-refractivity contribution in [3.63, 3.8) is 0 Å². The van der Waals surface area contributed by atoms with Crippen molar-refractivity contribution in [2.45, 2.75) is 31.6 Å². The molecule has 0 aliphatic carbocycles. The Bertz CT molecular complexity index is 454. The summed E-state index contributed by atoms with van der Waals surface area (Å²) in [6, 6.07) is 10.3. The van der Waals surface area contributed by atoms with Gasteiger partial charge in [0.25, 0.3) is 0 Å². The van der Waals surface area contributed by atoms with Crippen molar-refractivity contribution >= 4 is 17.9 Å². The number of carbonyl (C=O) groups excluding carboxylic acids is 1. The quantitative estimate of drug-likeness (QED) is 0.783. The number of unbranched alkanes of at least 4 members (excludes halogenated alkanes) is 1. The van der Waals surface area contributed by atoms with E-state index in [0.29, 0.717) is 19.7 Å². The Morgan fingerprint density at radius 2 is 2.14 bits per heavy atom. The second-order valence-electron chi connectivity index (χ2n) is 5.70. The van der Waals surface area contributed by atoms with E-state index in [1.54, 1.807) is 16.7 Å². The van der Waals surface area contributed by atoms with Crippen LogP contribution < -0.4 is 0 Å². The molecule has 4 nitrogen and oxygen atoms in total. The van der Waals surface area contributed by atoms with E-state index in [-0.39, 0.29) is 12.0 Å². The molecule has 2 atom stereocenters. The molecular weight excluding hydrogens is 298 g/mol. The molecule has 0 bridgehead atoms. The van der Waals surface area contributed by atoms with E-state index in [9.17, 15) is 9.90 Å². The molecule has 2 unspecified atom stereocenters. The summed E-state index contributed by atoms with van der Waals surface area (Å²) in [6.45, 7) is 3.51. The molecule has 1 heterocycles. The Morgan fingerprint density at radius 1 is 1.36 bits per heavy atom. The molecule has 0 saturated carbocycles. The molecule has 1 aromatic carbocycles. The summed E-state index contributed by atoms with van der Waals surface area (Å²) in [6.07, 6.45) is 1.16. The smallest absolute Gasteiger partial charge is 0.409 e. The van der Waals surface area contributed by atoms with Crippen molar-refractivity contribution in [2.24, 2.45) is 5.92 Å². The van der Waals surface area contributed by atoms with Gasteiger partial charge in [0, 0.05) is 24.0 Å². The molecular formula is C17H25NO3S. The maximum absolute atomic E-state index is 11.9. The normalized spacial score (nSPS) is 21.1. The molecule has 122 valence electrons. The number of aliphatic hydroxyl groups is 1. The first-order valence-corrected chi connectivity index (χ1v) is 9.07. The molecule has 5 heteroatoms. The number of hydrogen-bond donors (Lipinski definition) is 1. The van der Waals surface area contributed by atoms with Crippen LogP contribution in [0.4, 0.5) is 4.79 Å². The number of rotatable bonds is 7. The van der Waals surface area contributed by atoms with Crippen molar-refractivity contribution in [1.82, 2.24) is 4.90 Å². The zero-order valence-electron chi connectivity index (χ0n) is 13.1. The first kappa shape index (κ1) is 17.2. The first-order chi connectivity index (χ1) is 10.7. The molecule has 1 amide bonds. The molecule has 0 spiro atoms. The van der Waals surface area contributed by atoms with Crippen LogP contribution >= 0.6 is 11.8 Å². The number of amides is 1. The minimum absolute atomic E-state index is 0.132. The van der Waals surface area contributed by atoms with Gasteiger partial charge in [-0.15, -0.1) is 0 Å². The van der Waals surface area contributed by atoms with Crippen LogP contribution in [-0.4, -0.2) is 47.7 Å². The van der Waals surface area contributed by atoms with Gasteiger partial charge >= 0.3 is 6.09 Å². The van der Waals surface area contributed by atoms with E-state index < -0.39 is 6.10 Å². The SMILES string of the molecule is CCCCOC(=O)N1CC(O)C(CSCc2ccccc2)C1. The fourth-order valence-electron chi connectivity index (χ4n) is 2.46. The van der Waals surface area contributed by atoms with Gasteiger partial charge in [0.2, 0.25) is 0 Å². The molecule has 1 saturated heterocycles. The molecule has 1 aliphatic heterocycles. The van der Waals surface area contributed by atoms with E-state index in [1.165, 1.54) is 5.56 Å². The van der Waals surface area contributed by atoms with Gasteiger partial charge in [-0.3, -0.25) is 0 Å². The van der Waals surface area contributed by atoms with Crippen molar-refractivity contribution in [1.29, 1.82) is 0 Å². The lowest BCUT2D eigenvalue weighted by molar-refractivity contribution is 0.101. The van der Waals surface area contributed by atoms with Gasteiger partial charge in [0.05, 0.1) is 19.3 Å². The lowest BCUT2D eigenvalue weighted by Gasteiger charge is -2.15. The Balaban J connectivity index is 1.70. The molecule has 1 fully saturated rings. The monoisotopic (exact) mass is 323 g/mol. The summed E-state index contributed by atoms with van der Waals surface area (Å²) in [5.74, 6) is 1.92. The lowest BCUT2D eigenvalue weighted by Crippen LogP contribution is -2.30. The predicted octanol–water partition coefficient (Wildman–Crippen LogP) is 3.15. The van der Waals surface area contributed by atoms with Crippen molar-refractivity contribution in [3.05, 3.63) is 35.9 Å². The van der Waals surface area contributed by atoms with Crippen molar-refractivity contribution in [3.8, 4) is 0 Å². The summed E-state index contributed by atoms with van der Waals surface area (Å²) >= 11 is 1.80. The van der Waals surface area contributed by atoms with Gasteiger partial charge in [-0.25, -0.2) is 4.79 Å². The summed E-state index contributed by atoms with van der Waals surface area (Å²) in [7, 11) is 0. The maximum Gasteiger partial charge on any atom is 0.409 e. The summed E-state index contributed by atoms with van der Waals surface area (Å²) in [4.78, 5) is 13.5. The number of ether oxygens (including phenoxy) is 1. The highest BCUT2D eigenvalue weighted by Crippen LogP contribution is 2.24. The number of benzene rings is 1. The first-order valence-electron chi connectivity index (χ1n) is 7.92. The highest BCUT2D eigenvalue weighted by Gasteiger charge is 2.34. The molecule has 1 N–H and O–H groups in total. The van der Waals surface area contributed by atoms with Crippen LogP contribution in [0.1, 0.15) is 25.3 Å². The Morgan fingerprint density at radius 3 is 2.86 bits per heavy atom. The van der Waals surface area contributed by atoms with Crippen LogP contribution in [0.25, 0.3) is 0 Å². The van der Waals surface area contributed by atoms with Gasteiger partial charge in [-0.2, -0.15) is 11.8 Å². The average Bonchev–Trinajstić information content (AvgIpc) is 2.90. The predicted molar refractivity (Wildman–Crippen MR) is 89.9 cm³/mol. The fraction of sp³-hybridized carbons (Fsp3) is 0.588. The number of carbonyl (C=O) groups is 1. The molecule has 2 rings (SSSR count). The fourth-order valence-corrected chi connectivity index (χ4v) is 3.64. The van der Waals surface area contributed by atoms with Crippen LogP contribution in [0, 0.1) is 5.92 Å². The second kappa shape index (κ2) is 9.06. The standard InChI is InChI=1S/C17H25NO3S/c1-2-3-9-21-17(20)18-10-15(16(19)11-18)13-22-12-14-7-5-4-6-8-14/h4-8,15-16,19H,2-3,9-13H2,1H3. The summed E-state index contributed by atoms with van der Waals surface area (Å²) < 4.78 is 5.21. The third-order valence-electron chi connectivity index (χ3n) is 3.83. The molecule has 22 heavy (non-hydrogen) atoms. The zero-order chi connectivity index (χ0) is 15.8. The van der Waals surface area contributed by atoms with E-state index >= 15 is 0 Å². The van der Waals surface area contributed by atoms with E-state index in [0.717, 1.165) is 24.3 Å². The highest BCUT2D eigenvalue weighted by molar-refractivity contribution is 7.98. The number of hydrogen-bond acceptors (Lipinski definition) is 4. The van der Waals surface area contributed by atoms with Gasteiger partial charge in [0.1, 0.15) is 0 Å². The van der Waals surface area contributed by atoms with Crippen LogP contribution in [0.2, 0.25) is 0 Å². The van der Waals surface area contributed by atoms with E-state index in [4.69, 9.17) is 4.74 Å². The second-order valence-corrected chi connectivity index (χ2v) is 6.73. The molecule has 1 aliphatic rings. The van der Waals surface area contributed by atoms with Gasteiger partial charge < -0.3 is 14.7 Å². The number of thioether (sulfide) groups is 1. The average molecular weight is 323 g/mol. The minimum atomic E-state index is -0.443. The maximum atomic E-state index is 11.9. The lowest BCUT2D eigenvalue weighted by atomic mass is 10.1. The molecule has 0 aromatic heterocycles. The van der Waals surface area contributed by atoms with Crippen molar-refractivity contribution in [2.75, 3.05) is 25.4 Å². The largest absolute Gasteiger partial charge is 0.449 e. The number of aliphatic hydroxyl groups excluding tert-OH is 1. The van der Waals surface area contributed by atoms with Gasteiger partial charge in [-0.05, 0) is 12.0 Å². The summed E-state index contributed by atoms with van der Waals surface area (Å²) in [5.41, 5.74) is 1.29. The Kier molecular flexibility index (Phi) is 7.06. The van der Waals surface area contributed by atoms with Gasteiger partial charge in [0.15, 0.2) is 0 Å². The van der Waals surface area contributed by atoms with E-state index in [2.05, 4.69) is 19.1 Å². The van der Waals surface area contributed by atoms with Crippen LogP contribution in [0.3, 0.4) is 0 Å². The number of likely N-dealkylation sites (tertiary alicyclic amines) is 1. The molecule has 0 radical (unpaired) electrons. The van der Waals surface area contributed by atoms with Crippen LogP contribution in [0.5, 0.6) is 0 Å². The van der Waals surface area contributed by atoms with Gasteiger partial charge in [-0.1, -0.05) is 43.7 Å². The Hall–Kier alpha value is -1.20. The number of nitrogens with zero attached hydrogens (tertiary/aromatic N) is 1. The number of β-amino-alcohol motifs (C(OH)–C–C–N with tert-alkyl or cyclic N) is 1. The summed E-state index contributed by atoms with van der Waals surface area (Å²) in [5, 5.41) is 10.1. The zero-order valence-corrected chi connectivity index (χ0v) is 13.9. The molecule has 1 aromatic rings. The van der Waals surface area contributed by atoms with Crippen LogP contribution in [0.15, 0.2) is 30.3 Å². The minimum Gasteiger partial charge on any atom is -0.449 e. The van der Waals surface area contributed by atoms with Crippen molar-refractivity contribution < 1.29 is 14.6 Å². The topological polar surface area (TPSA) is 49.8 Å². The van der Waals surface area contributed by atoms with E-state index in [1.807, 2.05) is 18.2 Å². The highest BCUT2D eigenvalue weighted by atomic mass is 32.2. The Labute approximate surface area is 136 Å². The third-order valence-corrected chi connectivity index (χ3v) is 5.03.